The van der Waals surface area contributed by atoms with Crippen molar-refractivity contribution in [2.75, 3.05) is 13.7 Å². The van der Waals surface area contributed by atoms with E-state index in [4.69, 9.17) is 4.74 Å². The van der Waals surface area contributed by atoms with E-state index < -0.39 is 10.2 Å². The molecule has 6 heteroatoms. The molecule has 0 aliphatic carbocycles. The van der Waals surface area contributed by atoms with Crippen LogP contribution in [0.3, 0.4) is 0 Å². The number of hydrogen-bond donors (Lipinski definition) is 2. The van der Waals surface area contributed by atoms with E-state index in [-0.39, 0.29) is 6.54 Å². The average Bonchev–Trinajstić information content (AvgIpc) is 2.27. The molecule has 0 saturated carbocycles. The summed E-state index contributed by atoms with van der Waals surface area (Å²) in [5.74, 6) is 0.748. The summed E-state index contributed by atoms with van der Waals surface area (Å²) >= 11 is 0. The van der Waals surface area contributed by atoms with Crippen LogP contribution in [0.1, 0.15) is 12.5 Å². The molecule has 0 amide bonds. The Labute approximate surface area is 96.0 Å². The SMILES string of the molecule is CCNS(=O)(=O)NCc1ccc(OC)cc1. The lowest BCUT2D eigenvalue weighted by Gasteiger charge is -2.07. The van der Waals surface area contributed by atoms with Gasteiger partial charge in [-0.15, -0.1) is 0 Å². The van der Waals surface area contributed by atoms with Crippen LogP contribution in [0.15, 0.2) is 24.3 Å². The lowest BCUT2D eigenvalue weighted by Crippen LogP contribution is -2.35. The lowest BCUT2D eigenvalue weighted by atomic mass is 10.2. The van der Waals surface area contributed by atoms with E-state index >= 15 is 0 Å². The monoisotopic (exact) mass is 244 g/mol. The van der Waals surface area contributed by atoms with Gasteiger partial charge in [0.05, 0.1) is 7.11 Å². The molecule has 0 unspecified atom stereocenters. The summed E-state index contributed by atoms with van der Waals surface area (Å²) in [7, 11) is -1.79. The van der Waals surface area contributed by atoms with Crippen LogP contribution < -0.4 is 14.2 Å². The van der Waals surface area contributed by atoms with E-state index in [2.05, 4.69) is 9.44 Å². The second-order valence-corrected chi connectivity index (χ2v) is 4.75. The molecule has 0 aromatic heterocycles. The second-order valence-electron chi connectivity index (χ2n) is 3.17. The third kappa shape index (κ3) is 4.18. The summed E-state index contributed by atoms with van der Waals surface area (Å²) in [5, 5.41) is 0. The van der Waals surface area contributed by atoms with Crippen LogP contribution in [-0.2, 0) is 16.8 Å². The highest BCUT2D eigenvalue weighted by molar-refractivity contribution is 7.87. The first-order valence-corrected chi connectivity index (χ1v) is 6.43. The molecule has 0 aliphatic heterocycles. The van der Waals surface area contributed by atoms with Gasteiger partial charge < -0.3 is 4.74 Å². The van der Waals surface area contributed by atoms with Crippen LogP contribution in [0.5, 0.6) is 5.75 Å². The average molecular weight is 244 g/mol. The zero-order valence-electron chi connectivity index (χ0n) is 9.36. The third-order valence-electron chi connectivity index (χ3n) is 1.96. The largest absolute Gasteiger partial charge is 0.497 e. The minimum absolute atomic E-state index is 0.263. The summed E-state index contributed by atoms with van der Waals surface area (Å²) in [6.07, 6.45) is 0. The van der Waals surface area contributed by atoms with E-state index in [0.29, 0.717) is 6.54 Å². The molecule has 2 N–H and O–H groups in total. The molecule has 0 saturated heterocycles. The van der Waals surface area contributed by atoms with Gasteiger partial charge in [-0.25, -0.2) is 4.72 Å². The number of methoxy groups -OCH3 is 1. The Kier molecular flexibility index (Phi) is 4.72. The van der Waals surface area contributed by atoms with Crippen molar-refractivity contribution >= 4 is 10.2 Å². The highest BCUT2D eigenvalue weighted by atomic mass is 32.2. The quantitative estimate of drug-likeness (QED) is 0.771. The van der Waals surface area contributed by atoms with Gasteiger partial charge in [-0.05, 0) is 17.7 Å². The molecule has 0 aliphatic rings. The number of nitrogens with one attached hydrogen (secondary N) is 2. The highest BCUT2D eigenvalue weighted by Crippen LogP contribution is 2.10. The predicted octanol–water partition coefficient (Wildman–Crippen LogP) is 0.639. The molecule has 0 spiro atoms. The van der Waals surface area contributed by atoms with Crippen molar-refractivity contribution in [1.82, 2.24) is 9.44 Å². The predicted molar refractivity (Wildman–Crippen MR) is 62.4 cm³/mol. The standard InChI is InChI=1S/C10H16N2O3S/c1-3-11-16(13,14)12-8-9-4-6-10(15-2)7-5-9/h4-7,11-12H,3,8H2,1-2H3. The van der Waals surface area contributed by atoms with Crippen molar-refractivity contribution in [2.45, 2.75) is 13.5 Å². The normalized spacial score (nSPS) is 11.4. The van der Waals surface area contributed by atoms with E-state index in [9.17, 15) is 8.42 Å². The second kappa shape index (κ2) is 5.83. The van der Waals surface area contributed by atoms with Gasteiger partial charge in [-0.3, -0.25) is 0 Å². The summed E-state index contributed by atoms with van der Waals surface area (Å²) in [4.78, 5) is 0. The summed E-state index contributed by atoms with van der Waals surface area (Å²) < 4.78 is 32.3. The molecule has 0 fully saturated rings. The molecule has 1 aromatic carbocycles. The lowest BCUT2D eigenvalue weighted by molar-refractivity contribution is 0.414. The maximum atomic E-state index is 11.3. The molecule has 1 rings (SSSR count). The van der Waals surface area contributed by atoms with Crippen LogP contribution in [0.25, 0.3) is 0 Å². The van der Waals surface area contributed by atoms with Crippen molar-refractivity contribution in [1.29, 1.82) is 0 Å². The van der Waals surface area contributed by atoms with Crippen molar-refractivity contribution in [3.05, 3.63) is 29.8 Å². The van der Waals surface area contributed by atoms with E-state index in [1.54, 1.807) is 26.2 Å². The maximum Gasteiger partial charge on any atom is 0.277 e. The molecular weight excluding hydrogens is 228 g/mol. The van der Waals surface area contributed by atoms with Crippen LogP contribution in [-0.4, -0.2) is 22.1 Å². The Bertz CT molecular complexity index is 414. The van der Waals surface area contributed by atoms with Gasteiger partial charge >= 0.3 is 0 Å². The van der Waals surface area contributed by atoms with Crippen LogP contribution in [0, 0.1) is 0 Å². The molecule has 90 valence electrons. The van der Waals surface area contributed by atoms with Crippen LogP contribution in [0.4, 0.5) is 0 Å². The van der Waals surface area contributed by atoms with Gasteiger partial charge in [0.25, 0.3) is 10.2 Å². The van der Waals surface area contributed by atoms with Gasteiger partial charge in [0.2, 0.25) is 0 Å². The van der Waals surface area contributed by atoms with E-state index in [1.165, 1.54) is 0 Å². The Morgan fingerprint density at radius 1 is 1.19 bits per heavy atom. The first-order chi connectivity index (χ1) is 7.57. The molecule has 0 radical (unpaired) electrons. The van der Waals surface area contributed by atoms with E-state index in [1.807, 2.05) is 12.1 Å². The van der Waals surface area contributed by atoms with Gasteiger partial charge in [-0.2, -0.15) is 13.1 Å². The number of benzene rings is 1. The zero-order valence-corrected chi connectivity index (χ0v) is 10.2. The molecule has 1 aromatic rings. The first-order valence-electron chi connectivity index (χ1n) is 4.94. The summed E-state index contributed by atoms with van der Waals surface area (Å²) in [6.45, 7) is 2.36. The fourth-order valence-electron chi connectivity index (χ4n) is 1.16. The van der Waals surface area contributed by atoms with Crippen molar-refractivity contribution in [2.24, 2.45) is 0 Å². The van der Waals surface area contributed by atoms with Crippen LogP contribution >= 0.6 is 0 Å². The Morgan fingerprint density at radius 3 is 2.31 bits per heavy atom. The number of ether oxygens (including phenoxy) is 1. The number of rotatable bonds is 6. The van der Waals surface area contributed by atoms with E-state index in [0.717, 1.165) is 11.3 Å². The Morgan fingerprint density at radius 2 is 1.81 bits per heavy atom. The minimum Gasteiger partial charge on any atom is -0.497 e. The molecule has 5 nitrogen and oxygen atoms in total. The Balaban J connectivity index is 2.54. The maximum absolute atomic E-state index is 11.3. The smallest absolute Gasteiger partial charge is 0.277 e. The van der Waals surface area contributed by atoms with Gasteiger partial charge in [-0.1, -0.05) is 19.1 Å². The van der Waals surface area contributed by atoms with Crippen molar-refractivity contribution in [3.8, 4) is 5.75 Å². The van der Waals surface area contributed by atoms with Gasteiger partial charge in [0.15, 0.2) is 0 Å². The highest BCUT2D eigenvalue weighted by Gasteiger charge is 2.06. The van der Waals surface area contributed by atoms with Gasteiger partial charge in [0.1, 0.15) is 5.75 Å². The third-order valence-corrected chi connectivity index (χ3v) is 3.15. The molecule has 16 heavy (non-hydrogen) atoms. The van der Waals surface area contributed by atoms with Gasteiger partial charge in [0, 0.05) is 13.1 Å². The molecule has 0 heterocycles. The van der Waals surface area contributed by atoms with Crippen molar-refractivity contribution in [3.63, 3.8) is 0 Å². The topological polar surface area (TPSA) is 67.4 Å². The van der Waals surface area contributed by atoms with Crippen LogP contribution in [0.2, 0.25) is 0 Å². The zero-order chi connectivity index (χ0) is 12.0. The molecular formula is C10H16N2O3S. The molecule has 0 bridgehead atoms. The first kappa shape index (κ1) is 13.0. The Hall–Kier alpha value is -1.11. The fraction of sp³-hybridized carbons (Fsp3) is 0.400. The fourth-order valence-corrected chi connectivity index (χ4v) is 2.00. The minimum atomic E-state index is -3.38. The molecule has 0 atom stereocenters. The summed E-state index contributed by atoms with van der Waals surface area (Å²) in [6, 6.07) is 7.20. The summed E-state index contributed by atoms with van der Waals surface area (Å²) in [5.41, 5.74) is 0.877. The number of hydrogen-bond acceptors (Lipinski definition) is 3. The van der Waals surface area contributed by atoms with Crippen molar-refractivity contribution < 1.29 is 13.2 Å².